The minimum absolute atomic E-state index is 0.352. The van der Waals surface area contributed by atoms with Gasteiger partial charge in [0.25, 0.3) is 0 Å². The molecule has 0 saturated carbocycles. The summed E-state index contributed by atoms with van der Waals surface area (Å²) in [6.45, 7) is 3.59. The number of aromatic nitrogens is 1. The second-order valence-corrected chi connectivity index (χ2v) is 4.80. The van der Waals surface area contributed by atoms with Gasteiger partial charge < -0.3 is 10.1 Å². The first-order chi connectivity index (χ1) is 9.20. The van der Waals surface area contributed by atoms with E-state index < -0.39 is 0 Å². The van der Waals surface area contributed by atoms with E-state index in [1.54, 1.807) is 24.5 Å². The summed E-state index contributed by atoms with van der Waals surface area (Å²) in [6, 6.07) is 6.55. The van der Waals surface area contributed by atoms with Crippen molar-refractivity contribution in [1.82, 2.24) is 10.3 Å². The normalized spacial score (nSPS) is 10.5. The lowest BCUT2D eigenvalue weighted by molar-refractivity contribution is 0.465. The number of ether oxygens (including phenoxy) is 1. The van der Waals surface area contributed by atoms with Gasteiger partial charge in [0.05, 0.1) is 10.7 Å². The van der Waals surface area contributed by atoms with Crippen molar-refractivity contribution in [2.24, 2.45) is 0 Å². The van der Waals surface area contributed by atoms with Crippen LogP contribution < -0.4 is 10.1 Å². The molecule has 0 amide bonds. The van der Waals surface area contributed by atoms with Crippen LogP contribution in [0.5, 0.6) is 11.5 Å². The number of nitrogens with zero attached hydrogens (tertiary/aromatic N) is 1. The number of hydrogen-bond acceptors (Lipinski definition) is 3. The Hall–Kier alpha value is -1.46. The fourth-order valence-electron chi connectivity index (χ4n) is 1.57. The maximum atomic E-state index is 13.4. The van der Waals surface area contributed by atoms with Gasteiger partial charge in [0.1, 0.15) is 17.3 Å². The van der Waals surface area contributed by atoms with Gasteiger partial charge in [0.15, 0.2) is 0 Å². The van der Waals surface area contributed by atoms with E-state index in [1.165, 1.54) is 6.07 Å². The lowest BCUT2D eigenvalue weighted by atomic mass is 10.2. The molecule has 19 heavy (non-hydrogen) atoms. The summed E-state index contributed by atoms with van der Waals surface area (Å²) < 4.78 is 19.5. The molecular weight excluding hydrogens is 311 g/mol. The molecule has 0 spiro atoms. The summed E-state index contributed by atoms with van der Waals surface area (Å²) >= 11 is 3.11. The zero-order valence-electron chi connectivity index (χ0n) is 10.5. The molecule has 100 valence electrons. The molecule has 0 aliphatic heterocycles. The third-order valence-electron chi connectivity index (χ3n) is 2.55. The monoisotopic (exact) mass is 324 g/mol. The average molecular weight is 325 g/mol. The molecule has 0 unspecified atom stereocenters. The molecule has 2 aromatic rings. The number of rotatable bonds is 5. The molecule has 1 heterocycles. The van der Waals surface area contributed by atoms with Crippen LogP contribution in [-0.2, 0) is 6.54 Å². The predicted octanol–water partition coefficient (Wildman–Crippen LogP) is 3.89. The van der Waals surface area contributed by atoms with Crippen molar-refractivity contribution >= 4 is 15.9 Å². The highest BCUT2D eigenvalue weighted by atomic mass is 79.9. The summed E-state index contributed by atoms with van der Waals surface area (Å²) in [6.07, 6.45) is 3.34. The Kier molecular flexibility index (Phi) is 4.87. The molecule has 5 heteroatoms. The molecule has 1 aromatic carbocycles. The molecule has 0 saturated heterocycles. The minimum atomic E-state index is -0.352. The van der Waals surface area contributed by atoms with E-state index in [1.807, 2.05) is 13.0 Å². The largest absolute Gasteiger partial charge is 0.455 e. The van der Waals surface area contributed by atoms with Gasteiger partial charge in [-0.3, -0.25) is 4.98 Å². The highest BCUT2D eigenvalue weighted by Gasteiger charge is 2.06. The summed E-state index contributed by atoms with van der Waals surface area (Å²) in [5.41, 5.74) is 0.986. The molecule has 0 aliphatic carbocycles. The van der Waals surface area contributed by atoms with Crippen LogP contribution >= 0.6 is 15.9 Å². The van der Waals surface area contributed by atoms with E-state index in [0.717, 1.165) is 12.1 Å². The zero-order valence-corrected chi connectivity index (χ0v) is 12.1. The van der Waals surface area contributed by atoms with E-state index >= 15 is 0 Å². The standard InChI is InChI=1S/C14H14BrFN2O/c1-2-17-8-10-5-6-18-9-14(10)19-11-3-4-12(15)13(16)7-11/h3-7,9,17H,2,8H2,1H3. The van der Waals surface area contributed by atoms with Crippen molar-refractivity contribution in [3.63, 3.8) is 0 Å². The van der Waals surface area contributed by atoms with Gasteiger partial charge >= 0.3 is 0 Å². The van der Waals surface area contributed by atoms with E-state index in [-0.39, 0.29) is 5.82 Å². The smallest absolute Gasteiger partial charge is 0.150 e. The number of pyridine rings is 1. The summed E-state index contributed by atoms with van der Waals surface area (Å²) in [5.74, 6) is 0.728. The number of hydrogen-bond donors (Lipinski definition) is 1. The molecule has 0 bridgehead atoms. The Labute approximate surface area is 119 Å². The number of halogens is 2. The Morgan fingerprint density at radius 2 is 2.21 bits per heavy atom. The predicted molar refractivity (Wildman–Crippen MR) is 75.8 cm³/mol. The fraction of sp³-hybridized carbons (Fsp3) is 0.214. The van der Waals surface area contributed by atoms with Crippen LogP contribution in [-0.4, -0.2) is 11.5 Å². The van der Waals surface area contributed by atoms with Crippen molar-refractivity contribution in [2.45, 2.75) is 13.5 Å². The lowest BCUT2D eigenvalue weighted by Gasteiger charge is -2.11. The van der Waals surface area contributed by atoms with Gasteiger partial charge in [-0.05, 0) is 40.7 Å². The zero-order chi connectivity index (χ0) is 13.7. The molecule has 1 N–H and O–H groups in total. The van der Waals surface area contributed by atoms with Crippen LogP contribution in [0.25, 0.3) is 0 Å². The van der Waals surface area contributed by atoms with Gasteiger partial charge in [0, 0.05) is 24.4 Å². The van der Waals surface area contributed by atoms with Gasteiger partial charge in [0.2, 0.25) is 0 Å². The second kappa shape index (κ2) is 6.63. The van der Waals surface area contributed by atoms with Gasteiger partial charge in [-0.1, -0.05) is 6.92 Å². The summed E-state index contributed by atoms with van der Waals surface area (Å²) in [5, 5.41) is 3.22. The van der Waals surface area contributed by atoms with Crippen LogP contribution in [0.3, 0.4) is 0 Å². The van der Waals surface area contributed by atoms with Gasteiger partial charge in [-0.2, -0.15) is 0 Å². The SMILES string of the molecule is CCNCc1ccncc1Oc1ccc(Br)c(F)c1. The Morgan fingerprint density at radius 1 is 1.37 bits per heavy atom. The minimum Gasteiger partial charge on any atom is -0.455 e. The summed E-state index contributed by atoms with van der Waals surface area (Å²) in [7, 11) is 0. The lowest BCUT2D eigenvalue weighted by Crippen LogP contribution is -2.12. The van der Waals surface area contributed by atoms with Crippen molar-refractivity contribution in [1.29, 1.82) is 0 Å². The molecule has 3 nitrogen and oxygen atoms in total. The van der Waals surface area contributed by atoms with E-state index in [0.29, 0.717) is 22.5 Å². The Bertz CT molecular complexity index is 563. The topological polar surface area (TPSA) is 34.2 Å². The van der Waals surface area contributed by atoms with E-state index in [2.05, 4.69) is 26.2 Å². The maximum absolute atomic E-state index is 13.4. The quantitative estimate of drug-likeness (QED) is 0.906. The van der Waals surface area contributed by atoms with E-state index in [9.17, 15) is 4.39 Å². The molecule has 2 rings (SSSR count). The Balaban J connectivity index is 2.20. The van der Waals surface area contributed by atoms with Crippen molar-refractivity contribution < 1.29 is 9.13 Å². The van der Waals surface area contributed by atoms with Crippen LogP contribution in [0, 0.1) is 5.82 Å². The molecule has 0 fully saturated rings. The van der Waals surface area contributed by atoms with Crippen LogP contribution in [0.1, 0.15) is 12.5 Å². The molecule has 0 radical (unpaired) electrons. The van der Waals surface area contributed by atoms with Crippen LogP contribution in [0.4, 0.5) is 4.39 Å². The van der Waals surface area contributed by atoms with Crippen molar-refractivity contribution in [3.05, 3.63) is 52.5 Å². The third-order valence-corrected chi connectivity index (χ3v) is 3.20. The molecule has 0 atom stereocenters. The third kappa shape index (κ3) is 3.75. The van der Waals surface area contributed by atoms with Crippen molar-refractivity contribution in [2.75, 3.05) is 6.54 Å². The average Bonchev–Trinajstić information content (AvgIpc) is 2.42. The fourth-order valence-corrected chi connectivity index (χ4v) is 1.82. The summed E-state index contributed by atoms with van der Waals surface area (Å²) in [4.78, 5) is 4.03. The van der Waals surface area contributed by atoms with Crippen LogP contribution in [0.15, 0.2) is 41.1 Å². The highest BCUT2D eigenvalue weighted by molar-refractivity contribution is 9.10. The van der Waals surface area contributed by atoms with Gasteiger partial charge in [-0.25, -0.2) is 4.39 Å². The first-order valence-corrected chi connectivity index (χ1v) is 6.76. The van der Waals surface area contributed by atoms with E-state index in [4.69, 9.17) is 4.74 Å². The van der Waals surface area contributed by atoms with Gasteiger partial charge in [-0.15, -0.1) is 0 Å². The maximum Gasteiger partial charge on any atom is 0.150 e. The first-order valence-electron chi connectivity index (χ1n) is 5.97. The Morgan fingerprint density at radius 3 is 2.95 bits per heavy atom. The number of benzene rings is 1. The van der Waals surface area contributed by atoms with Crippen LogP contribution in [0.2, 0.25) is 0 Å². The second-order valence-electron chi connectivity index (χ2n) is 3.94. The number of nitrogens with one attached hydrogen (secondary N) is 1. The molecule has 1 aromatic heterocycles. The highest BCUT2D eigenvalue weighted by Crippen LogP contribution is 2.27. The molecule has 0 aliphatic rings. The molecular formula is C14H14BrFN2O. The van der Waals surface area contributed by atoms with Crippen molar-refractivity contribution in [3.8, 4) is 11.5 Å². The first kappa shape index (κ1) is 14.0.